The van der Waals surface area contributed by atoms with Gasteiger partial charge in [-0.1, -0.05) is 6.07 Å². The Hall–Kier alpha value is -2.52. The topological polar surface area (TPSA) is 89.0 Å². The lowest BCUT2D eigenvalue weighted by atomic mass is 10.1. The zero-order chi connectivity index (χ0) is 13.7. The molecule has 6 heteroatoms. The first kappa shape index (κ1) is 12.9. The molecule has 2 N–H and O–H groups in total. The van der Waals surface area contributed by atoms with Crippen molar-refractivity contribution in [3.8, 4) is 6.07 Å². The van der Waals surface area contributed by atoms with Crippen LogP contribution in [0.4, 0.5) is 5.69 Å². The molecule has 2 rings (SSSR count). The van der Waals surface area contributed by atoms with E-state index >= 15 is 0 Å². The van der Waals surface area contributed by atoms with E-state index in [2.05, 4.69) is 4.98 Å². The summed E-state index contributed by atoms with van der Waals surface area (Å²) >= 11 is 0.897. The summed E-state index contributed by atoms with van der Waals surface area (Å²) in [6, 6.07) is 10.3. The Balaban J connectivity index is 2.08. The first-order chi connectivity index (χ1) is 9.20. The highest BCUT2D eigenvalue weighted by molar-refractivity contribution is 7.95. The van der Waals surface area contributed by atoms with E-state index in [0.717, 1.165) is 12.0 Å². The molecule has 0 bridgehead atoms. The molecule has 19 heavy (non-hydrogen) atoms. The van der Waals surface area contributed by atoms with E-state index in [4.69, 9.17) is 15.2 Å². The molecule has 0 fully saturated rings. The van der Waals surface area contributed by atoms with Gasteiger partial charge in [0.1, 0.15) is 6.07 Å². The summed E-state index contributed by atoms with van der Waals surface area (Å²) < 4.78 is 5.05. The van der Waals surface area contributed by atoms with Crippen LogP contribution in [0.1, 0.15) is 15.9 Å². The molecule has 0 radical (unpaired) electrons. The number of rotatable bonds is 3. The number of carbonyl (C=O) groups is 1. The molecule has 0 aliphatic heterocycles. The molecule has 5 nitrogen and oxygen atoms in total. The SMILES string of the molecule is N#Cc1cnccc1C(=O)OSc1cccc(N)c1. The highest BCUT2D eigenvalue weighted by atomic mass is 32.2. The summed E-state index contributed by atoms with van der Waals surface area (Å²) in [5.41, 5.74) is 6.57. The number of pyridine rings is 1. The zero-order valence-corrected chi connectivity index (χ0v) is 10.6. The Morgan fingerprint density at radius 1 is 1.42 bits per heavy atom. The lowest BCUT2D eigenvalue weighted by molar-refractivity contribution is 0.0767. The number of hydrogen-bond donors (Lipinski definition) is 1. The number of nitrogen functional groups attached to an aromatic ring is 1. The van der Waals surface area contributed by atoms with Gasteiger partial charge in [-0.2, -0.15) is 5.26 Å². The first-order valence-corrected chi connectivity index (χ1v) is 6.03. The van der Waals surface area contributed by atoms with E-state index in [1.807, 2.05) is 6.07 Å². The van der Waals surface area contributed by atoms with Crippen molar-refractivity contribution >= 4 is 23.7 Å². The van der Waals surface area contributed by atoms with E-state index < -0.39 is 5.97 Å². The van der Waals surface area contributed by atoms with Gasteiger partial charge in [0.05, 0.1) is 28.1 Å². The van der Waals surface area contributed by atoms with E-state index in [-0.39, 0.29) is 11.1 Å². The minimum atomic E-state index is -0.591. The van der Waals surface area contributed by atoms with E-state index in [0.29, 0.717) is 10.6 Å². The molecule has 0 aliphatic rings. The summed E-state index contributed by atoms with van der Waals surface area (Å²) in [5, 5.41) is 8.87. The number of benzene rings is 1. The van der Waals surface area contributed by atoms with Crippen LogP contribution in [0, 0.1) is 11.3 Å². The Labute approximate surface area is 114 Å². The monoisotopic (exact) mass is 271 g/mol. The maximum absolute atomic E-state index is 11.8. The average molecular weight is 271 g/mol. The van der Waals surface area contributed by atoms with Crippen LogP contribution >= 0.6 is 12.0 Å². The molecule has 2 aromatic rings. The number of nitriles is 1. The van der Waals surface area contributed by atoms with Gasteiger partial charge in [0.25, 0.3) is 0 Å². The molecule has 0 saturated carbocycles. The van der Waals surface area contributed by atoms with Gasteiger partial charge in [-0.25, -0.2) is 4.79 Å². The minimum Gasteiger partial charge on any atom is -0.399 e. The Kier molecular flexibility index (Phi) is 4.00. The quantitative estimate of drug-likeness (QED) is 0.681. The normalized spacial score (nSPS) is 9.63. The lowest BCUT2D eigenvalue weighted by Gasteiger charge is -2.04. The molecule has 0 unspecified atom stereocenters. The lowest BCUT2D eigenvalue weighted by Crippen LogP contribution is -2.03. The van der Waals surface area contributed by atoms with Crippen molar-refractivity contribution in [1.29, 1.82) is 5.26 Å². The smallest absolute Gasteiger partial charge is 0.351 e. The van der Waals surface area contributed by atoms with Crippen LogP contribution in [-0.4, -0.2) is 11.0 Å². The van der Waals surface area contributed by atoms with E-state index in [1.54, 1.807) is 24.3 Å². The van der Waals surface area contributed by atoms with Crippen molar-refractivity contribution in [3.05, 3.63) is 53.9 Å². The van der Waals surface area contributed by atoms with Crippen molar-refractivity contribution < 1.29 is 8.98 Å². The maximum Gasteiger partial charge on any atom is 0.351 e. The fourth-order valence-electron chi connectivity index (χ4n) is 1.36. The molecule has 0 amide bonds. The number of anilines is 1. The third kappa shape index (κ3) is 3.24. The summed E-state index contributed by atoms with van der Waals surface area (Å²) in [6.07, 6.45) is 2.75. The molecule has 0 spiro atoms. The second-order valence-electron chi connectivity index (χ2n) is 3.56. The fourth-order valence-corrected chi connectivity index (χ4v) is 1.94. The molecule has 0 atom stereocenters. The van der Waals surface area contributed by atoms with Crippen LogP contribution in [0.15, 0.2) is 47.6 Å². The second-order valence-corrected chi connectivity index (χ2v) is 4.36. The highest BCUT2D eigenvalue weighted by Crippen LogP contribution is 2.23. The molecular weight excluding hydrogens is 262 g/mol. The van der Waals surface area contributed by atoms with Gasteiger partial charge in [-0.05, 0) is 24.3 Å². The van der Waals surface area contributed by atoms with Crippen LogP contribution in [-0.2, 0) is 4.18 Å². The minimum absolute atomic E-state index is 0.181. The van der Waals surface area contributed by atoms with Crippen LogP contribution in [0.25, 0.3) is 0 Å². The molecule has 1 aromatic carbocycles. The third-order valence-corrected chi connectivity index (χ3v) is 2.91. The number of aromatic nitrogens is 1. The van der Waals surface area contributed by atoms with Gasteiger partial charge in [-0.3, -0.25) is 4.98 Å². The number of nitrogens with zero attached hydrogens (tertiary/aromatic N) is 2. The van der Waals surface area contributed by atoms with Crippen LogP contribution < -0.4 is 5.73 Å². The Morgan fingerprint density at radius 3 is 3.00 bits per heavy atom. The van der Waals surface area contributed by atoms with E-state index in [1.165, 1.54) is 18.5 Å². The second kappa shape index (κ2) is 5.89. The molecule has 1 aromatic heterocycles. The predicted molar refractivity (Wildman–Crippen MR) is 71.1 cm³/mol. The molecule has 94 valence electrons. The first-order valence-electron chi connectivity index (χ1n) is 5.29. The fraction of sp³-hybridized carbons (Fsp3) is 0. The largest absolute Gasteiger partial charge is 0.399 e. The van der Waals surface area contributed by atoms with Crippen LogP contribution in [0.3, 0.4) is 0 Å². The summed E-state index contributed by atoms with van der Waals surface area (Å²) in [4.78, 5) is 16.3. The van der Waals surface area contributed by atoms with Gasteiger partial charge in [0.2, 0.25) is 0 Å². The van der Waals surface area contributed by atoms with Crippen molar-refractivity contribution in [1.82, 2.24) is 4.98 Å². The molecule has 0 aliphatic carbocycles. The third-order valence-electron chi connectivity index (χ3n) is 2.23. The molecule has 1 heterocycles. The van der Waals surface area contributed by atoms with Gasteiger partial charge >= 0.3 is 5.97 Å². The zero-order valence-electron chi connectivity index (χ0n) is 9.74. The van der Waals surface area contributed by atoms with Crippen molar-refractivity contribution in [2.45, 2.75) is 4.90 Å². The van der Waals surface area contributed by atoms with Crippen molar-refractivity contribution in [2.75, 3.05) is 5.73 Å². The van der Waals surface area contributed by atoms with Gasteiger partial charge in [0, 0.05) is 18.1 Å². The summed E-state index contributed by atoms with van der Waals surface area (Å²) in [5.74, 6) is -0.591. The number of hydrogen-bond acceptors (Lipinski definition) is 6. The van der Waals surface area contributed by atoms with Gasteiger partial charge < -0.3 is 9.92 Å². The Morgan fingerprint density at radius 2 is 2.26 bits per heavy atom. The molecular formula is C13H9N3O2S. The summed E-state index contributed by atoms with van der Waals surface area (Å²) in [7, 11) is 0. The average Bonchev–Trinajstić information content (AvgIpc) is 2.45. The van der Waals surface area contributed by atoms with Crippen molar-refractivity contribution in [3.63, 3.8) is 0 Å². The standard InChI is InChI=1S/C13H9N3O2S/c14-7-9-8-16-5-4-12(9)13(17)18-19-11-3-1-2-10(15)6-11/h1-6,8H,15H2. The Bertz CT molecular complexity index is 652. The highest BCUT2D eigenvalue weighted by Gasteiger charge is 2.13. The van der Waals surface area contributed by atoms with E-state index in [9.17, 15) is 4.79 Å². The molecule has 0 saturated heterocycles. The number of carbonyl (C=O) groups excluding carboxylic acids is 1. The van der Waals surface area contributed by atoms with Crippen molar-refractivity contribution in [2.24, 2.45) is 0 Å². The summed E-state index contributed by atoms with van der Waals surface area (Å²) in [6.45, 7) is 0. The van der Waals surface area contributed by atoms with Crippen LogP contribution in [0.5, 0.6) is 0 Å². The van der Waals surface area contributed by atoms with Crippen LogP contribution in [0.2, 0.25) is 0 Å². The predicted octanol–water partition coefficient (Wildman–Crippen LogP) is 2.40. The van der Waals surface area contributed by atoms with Gasteiger partial charge in [0.15, 0.2) is 0 Å². The van der Waals surface area contributed by atoms with Gasteiger partial charge in [-0.15, -0.1) is 0 Å². The number of nitrogens with two attached hydrogens (primary N) is 1. The maximum atomic E-state index is 11.8.